The van der Waals surface area contributed by atoms with E-state index < -0.39 is 0 Å². The molecule has 1 heterocycles. The lowest BCUT2D eigenvalue weighted by molar-refractivity contribution is -0.115. The Bertz CT molecular complexity index is 848. The summed E-state index contributed by atoms with van der Waals surface area (Å²) in [6.07, 6.45) is 5.17. The molecule has 0 spiro atoms. The van der Waals surface area contributed by atoms with Crippen molar-refractivity contribution in [2.75, 3.05) is 11.9 Å². The average molecular weight is 438 g/mol. The maximum atomic E-state index is 12.8. The number of hydrogen-bond donors (Lipinski definition) is 1. The standard InChI is InChI=1S/C21H24ClNO3S2/c1-3-26-21(25)18-16-7-5-4-6-8-17(16)28-20(18)23-19(24)13(2)27-15-11-9-14(22)10-12-15/h9-13H,3-8H2,1-2H3,(H,23,24)/t13-/m0/s1. The Balaban J connectivity index is 1.79. The molecule has 1 aromatic heterocycles. The lowest BCUT2D eigenvalue weighted by Gasteiger charge is -2.13. The third-order valence-corrected chi connectivity index (χ3v) is 7.20. The van der Waals surface area contributed by atoms with Crippen LogP contribution in [0.5, 0.6) is 0 Å². The third kappa shape index (κ3) is 5.10. The van der Waals surface area contributed by atoms with Gasteiger partial charge < -0.3 is 10.1 Å². The molecule has 2 aromatic rings. The van der Waals surface area contributed by atoms with E-state index in [0.29, 0.717) is 22.2 Å². The van der Waals surface area contributed by atoms with Crippen molar-refractivity contribution in [1.29, 1.82) is 0 Å². The molecule has 3 rings (SSSR count). The van der Waals surface area contributed by atoms with Gasteiger partial charge in [0.25, 0.3) is 0 Å². The zero-order valence-electron chi connectivity index (χ0n) is 16.0. The van der Waals surface area contributed by atoms with Crippen LogP contribution in [0.15, 0.2) is 29.2 Å². The zero-order chi connectivity index (χ0) is 20.1. The normalized spacial score (nSPS) is 14.7. The second kappa shape index (κ2) is 9.81. The number of benzene rings is 1. The van der Waals surface area contributed by atoms with Crippen LogP contribution in [0.1, 0.15) is 53.9 Å². The number of carbonyl (C=O) groups is 2. The van der Waals surface area contributed by atoms with Gasteiger partial charge in [-0.2, -0.15) is 0 Å². The number of fused-ring (bicyclic) bond motifs is 1. The Morgan fingerprint density at radius 3 is 2.64 bits per heavy atom. The van der Waals surface area contributed by atoms with E-state index in [4.69, 9.17) is 16.3 Å². The quantitative estimate of drug-likeness (QED) is 0.343. The van der Waals surface area contributed by atoms with E-state index in [1.165, 1.54) is 34.4 Å². The van der Waals surface area contributed by atoms with Crippen LogP contribution in [-0.2, 0) is 22.4 Å². The van der Waals surface area contributed by atoms with Crippen molar-refractivity contribution >= 4 is 51.6 Å². The van der Waals surface area contributed by atoms with Crippen LogP contribution in [0.25, 0.3) is 0 Å². The number of thioether (sulfide) groups is 1. The molecule has 1 aliphatic carbocycles. The van der Waals surface area contributed by atoms with E-state index in [9.17, 15) is 9.59 Å². The van der Waals surface area contributed by atoms with Gasteiger partial charge in [0.2, 0.25) is 5.91 Å². The minimum Gasteiger partial charge on any atom is -0.462 e. The first-order valence-corrected chi connectivity index (χ1v) is 11.6. The topological polar surface area (TPSA) is 55.4 Å². The fourth-order valence-corrected chi connectivity index (χ4v) is 5.51. The Labute approximate surface area is 179 Å². The van der Waals surface area contributed by atoms with Gasteiger partial charge in [-0.25, -0.2) is 4.79 Å². The molecule has 0 saturated heterocycles. The lowest BCUT2D eigenvalue weighted by Crippen LogP contribution is -2.23. The molecule has 1 N–H and O–H groups in total. The predicted octanol–water partition coefficient (Wildman–Crippen LogP) is 5.97. The van der Waals surface area contributed by atoms with Crippen molar-refractivity contribution in [3.63, 3.8) is 0 Å². The molecule has 0 fully saturated rings. The summed E-state index contributed by atoms with van der Waals surface area (Å²) in [6.45, 7) is 3.98. The van der Waals surface area contributed by atoms with Gasteiger partial charge in [-0.3, -0.25) is 4.79 Å². The molecule has 4 nitrogen and oxygen atoms in total. The van der Waals surface area contributed by atoms with E-state index in [2.05, 4.69) is 5.32 Å². The number of halogens is 1. The van der Waals surface area contributed by atoms with Crippen molar-refractivity contribution in [2.24, 2.45) is 0 Å². The van der Waals surface area contributed by atoms with Crippen LogP contribution < -0.4 is 5.32 Å². The van der Waals surface area contributed by atoms with E-state index in [0.717, 1.165) is 36.1 Å². The molecule has 1 atom stereocenters. The Morgan fingerprint density at radius 2 is 1.93 bits per heavy atom. The molecule has 28 heavy (non-hydrogen) atoms. The Hall–Kier alpha value is -1.50. The van der Waals surface area contributed by atoms with E-state index >= 15 is 0 Å². The summed E-state index contributed by atoms with van der Waals surface area (Å²) in [4.78, 5) is 27.6. The van der Waals surface area contributed by atoms with Gasteiger partial charge in [0.15, 0.2) is 0 Å². The fourth-order valence-electron chi connectivity index (χ4n) is 3.23. The molecule has 0 bridgehead atoms. The number of aryl methyl sites for hydroxylation is 1. The van der Waals surface area contributed by atoms with Gasteiger partial charge in [-0.05, 0) is 69.4 Å². The maximum absolute atomic E-state index is 12.8. The van der Waals surface area contributed by atoms with Crippen molar-refractivity contribution in [3.05, 3.63) is 45.3 Å². The van der Waals surface area contributed by atoms with Crippen LogP contribution >= 0.6 is 34.7 Å². The Kier molecular flexibility index (Phi) is 7.43. The molecule has 0 radical (unpaired) electrons. The average Bonchev–Trinajstić information content (AvgIpc) is 2.84. The maximum Gasteiger partial charge on any atom is 0.341 e. The first-order chi connectivity index (χ1) is 13.5. The number of hydrogen-bond acceptors (Lipinski definition) is 5. The Morgan fingerprint density at radius 1 is 1.21 bits per heavy atom. The van der Waals surface area contributed by atoms with Gasteiger partial charge in [0, 0.05) is 14.8 Å². The van der Waals surface area contributed by atoms with Crippen molar-refractivity contribution < 1.29 is 14.3 Å². The van der Waals surface area contributed by atoms with Crippen LogP contribution in [0.2, 0.25) is 5.02 Å². The minimum absolute atomic E-state index is 0.123. The van der Waals surface area contributed by atoms with E-state index in [-0.39, 0.29) is 17.1 Å². The van der Waals surface area contributed by atoms with Gasteiger partial charge in [-0.15, -0.1) is 23.1 Å². The zero-order valence-corrected chi connectivity index (χ0v) is 18.4. The molecule has 0 aliphatic heterocycles. The van der Waals surface area contributed by atoms with Crippen LogP contribution in [-0.4, -0.2) is 23.7 Å². The van der Waals surface area contributed by atoms with Crippen molar-refractivity contribution in [3.8, 4) is 0 Å². The molecule has 150 valence electrons. The number of anilines is 1. The molecular weight excluding hydrogens is 414 g/mol. The van der Waals surface area contributed by atoms with Crippen molar-refractivity contribution in [1.82, 2.24) is 0 Å². The number of nitrogens with one attached hydrogen (secondary N) is 1. The molecule has 1 aromatic carbocycles. The summed E-state index contributed by atoms with van der Waals surface area (Å²) in [5.41, 5.74) is 1.62. The molecule has 1 amide bonds. The second-order valence-corrected chi connectivity index (χ2v) is 9.65. The van der Waals surface area contributed by atoms with Crippen LogP contribution in [0, 0.1) is 0 Å². The highest BCUT2D eigenvalue weighted by atomic mass is 35.5. The predicted molar refractivity (Wildman–Crippen MR) is 117 cm³/mol. The van der Waals surface area contributed by atoms with E-state index in [1.54, 1.807) is 6.92 Å². The third-order valence-electron chi connectivity index (χ3n) is 4.63. The monoisotopic (exact) mass is 437 g/mol. The summed E-state index contributed by atoms with van der Waals surface area (Å²) in [6, 6.07) is 7.41. The molecular formula is C21H24ClNO3S2. The van der Waals surface area contributed by atoms with Crippen molar-refractivity contribution in [2.45, 2.75) is 56.1 Å². The molecule has 0 saturated carbocycles. The molecule has 7 heteroatoms. The van der Waals surface area contributed by atoms with Gasteiger partial charge in [-0.1, -0.05) is 18.0 Å². The second-order valence-electron chi connectivity index (χ2n) is 6.69. The summed E-state index contributed by atoms with van der Waals surface area (Å²) < 4.78 is 5.28. The number of ether oxygens (including phenoxy) is 1. The summed E-state index contributed by atoms with van der Waals surface area (Å²) in [5.74, 6) is -0.461. The highest BCUT2D eigenvalue weighted by molar-refractivity contribution is 8.00. The van der Waals surface area contributed by atoms with Gasteiger partial charge in [0.1, 0.15) is 5.00 Å². The van der Waals surface area contributed by atoms with Crippen LogP contribution in [0.3, 0.4) is 0 Å². The number of esters is 1. The van der Waals surface area contributed by atoms with E-state index in [1.807, 2.05) is 31.2 Å². The van der Waals surface area contributed by atoms with Gasteiger partial charge in [0.05, 0.1) is 17.4 Å². The first kappa shape index (κ1) is 21.2. The smallest absolute Gasteiger partial charge is 0.341 e. The largest absolute Gasteiger partial charge is 0.462 e. The number of rotatable bonds is 6. The number of thiophene rings is 1. The minimum atomic E-state index is -0.338. The number of amides is 1. The number of carbonyl (C=O) groups excluding carboxylic acids is 2. The van der Waals surface area contributed by atoms with Crippen LogP contribution in [0.4, 0.5) is 5.00 Å². The summed E-state index contributed by atoms with van der Waals surface area (Å²) in [5, 5.41) is 3.97. The highest BCUT2D eigenvalue weighted by Gasteiger charge is 2.27. The first-order valence-electron chi connectivity index (χ1n) is 9.54. The summed E-state index contributed by atoms with van der Waals surface area (Å²) >= 11 is 8.91. The molecule has 1 aliphatic rings. The SMILES string of the molecule is CCOC(=O)c1c(NC(=O)[C@H](C)Sc2ccc(Cl)cc2)sc2c1CCCCC2. The van der Waals surface area contributed by atoms with Gasteiger partial charge >= 0.3 is 5.97 Å². The lowest BCUT2D eigenvalue weighted by atomic mass is 10.1. The highest BCUT2D eigenvalue weighted by Crippen LogP contribution is 2.38. The molecule has 0 unspecified atom stereocenters. The fraction of sp³-hybridized carbons (Fsp3) is 0.429. The summed E-state index contributed by atoms with van der Waals surface area (Å²) in [7, 11) is 0.